The van der Waals surface area contributed by atoms with Gasteiger partial charge >= 0.3 is 6.18 Å². The number of benzene rings is 1. The van der Waals surface area contributed by atoms with Crippen LogP contribution in [0, 0.1) is 5.82 Å². The van der Waals surface area contributed by atoms with Crippen LogP contribution in [0.15, 0.2) is 47.1 Å². The summed E-state index contributed by atoms with van der Waals surface area (Å²) in [6.07, 6.45) is -2.46. The molecule has 0 amide bonds. The van der Waals surface area contributed by atoms with E-state index in [1.807, 2.05) is 0 Å². The van der Waals surface area contributed by atoms with Crippen LogP contribution in [0.3, 0.4) is 0 Å². The number of hydrogen-bond acceptors (Lipinski definition) is 1. The lowest BCUT2D eigenvalue weighted by atomic mass is 10.1. The molecule has 1 nitrogen and oxygen atoms in total. The van der Waals surface area contributed by atoms with Crippen molar-refractivity contribution < 1.29 is 17.6 Å². The Kier molecular flexibility index (Phi) is 3.85. The quantitative estimate of drug-likeness (QED) is 0.583. The lowest BCUT2D eigenvalue weighted by Gasteiger charge is -2.27. The largest absolute Gasteiger partial charge is 0.416 e. The Hall–Kier alpha value is -1.49. The average molecular weight is 292 g/mol. The van der Waals surface area contributed by atoms with Crippen molar-refractivity contribution in [1.82, 2.24) is 4.90 Å². The summed E-state index contributed by atoms with van der Waals surface area (Å²) >= 11 is 5.83. The first kappa shape index (κ1) is 13.9. The minimum absolute atomic E-state index is 0.000846. The smallest absolute Gasteiger partial charge is 0.354 e. The highest BCUT2D eigenvalue weighted by molar-refractivity contribution is 6.29. The molecule has 0 radical (unpaired) electrons. The van der Waals surface area contributed by atoms with E-state index in [0.29, 0.717) is 5.56 Å². The highest BCUT2D eigenvalue weighted by atomic mass is 35.5. The molecule has 0 saturated heterocycles. The molecule has 1 heterocycles. The van der Waals surface area contributed by atoms with Crippen LogP contribution in [-0.2, 0) is 6.54 Å². The van der Waals surface area contributed by atoms with Crippen LogP contribution < -0.4 is 0 Å². The van der Waals surface area contributed by atoms with E-state index in [0.717, 1.165) is 12.2 Å². The fourth-order valence-corrected chi connectivity index (χ4v) is 2.01. The summed E-state index contributed by atoms with van der Waals surface area (Å²) in [5.41, 5.74) is -0.108. The summed E-state index contributed by atoms with van der Waals surface area (Å²) in [6.45, 7) is 0.301. The fraction of sp³-hybridized carbons (Fsp3) is 0.231. The van der Waals surface area contributed by atoms with Gasteiger partial charge in [-0.15, -0.1) is 0 Å². The predicted molar refractivity (Wildman–Crippen MR) is 64.9 cm³/mol. The molecule has 0 fully saturated rings. The molecule has 19 heavy (non-hydrogen) atoms. The molecule has 1 aromatic carbocycles. The van der Waals surface area contributed by atoms with E-state index in [1.165, 1.54) is 17.0 Å². The summed E-state index contributed by atoms with van der Waals surface area (Å²) in [5.74, 6) is -0.388. The number of rotatable bonds is 2. The Balaban J connectivity index is 2.10. The number of alkyl halides is 3. The van der Waals surface area contributed by atoms with E-state index in [9.17, 15) is 17.6 Å². The van der Waals surface area contributed by atoms with Crippen molar-refractivity contribution in [2.24, 2.45) is 0 Å². The van der Waals surface area contributed by atoms with Crippen molar-refractivity contribution in [3.8, 4) is 0 Å². The molecule has 0 N–H and O–H groups in total. The molecular formula is C13H10ClF4N. The lowest BCUT2D eigenvalue weighted by Crippen LogP contribution is -2.26. The predicted octanol–water partition coefficient (Wildman–Crippen LogP) is 4.21. The van der Waals surface area contributed by atoms with Crippen molar-refractivity contribution >= 4 is 11.6 Å². The van der Waals surface area contributed by atoms with Crippen LogP contribution in [-0.4, -0.2) is 17.6 Å². The summed E-state index contributed by atoms with van der Waals surface area (Å²) in [4.78, 5) is 1.53. The Morgan fingerprint density at radius 3 is 2.58 bits per heavy atom. The van der Waals surface area contributed by atoms with Crippen LogP contribution in [0.25, 0.3) is 0 Å². The normalized spacial score (nSPS) is 16.2. The number of nitrogens with zero attached hydrogens (tertiary/aromatic N) is 1. The SMILES string of the molecule is Fc1cccc(CN2CC=C(C(F)(F)F)C=C2Cl)c1. The molecule has 1 aromatic rings. The Bertz CT molecular complexity index is 534. The van der Waals surface area contributed by atoms with E-state index in [4.69, 9.17) is 11.6 Å². The summed E-state index contributed by atoms with van der Waals surface area (Å²) in [7, 11) is 0. The van der Waals surface area contributed by atoms with Gasteiger partial charge in [-0.2, -0.15) is 13.2 Å². The highest BCUT2D eigenvalue weighted by Gasteiger charge is 2.34. The monoisotopic (exact) mass is 291 g/mol. The minimum Gasteiger partial charge on any atom is -0.354 e. The number of halogens is 5. The molecule has 2 rings (SSSR count). The van der Waals surface area contributed by atoms with Crippen molar-refractivity contribution in [2.45, 2.75) is 12.7 Å². The van der Waals surface area contributed by atoms with E-state index in [1.54, 1.807) is 12.1 Å². The van der Waals surface area contributed by atoms with Gasteiger partial charge in [0, 0.05) is 13.1 Å². The number of hydrogen-bond donors (Lipinski definition) is 0. The maximum Gasteiger partial charge on any atom is 0.416 e. The van der Waals surface area contributed by atoms with Crippen LogP contribution >= 0.6 is 11.6 Å². The molecule has 102 valence electrons. The first-order chi connectivity index (χ1) is 8.86. The van der Waals surface area contributed by atoms with Gasteiger partial charge in [-0.05, 0) is 23.8 Å². The fourth-order valence-electron chi connectivity index (χ4n) is 1.77. The maximum absolute atomic E-state index is 13.0. The Labute approximate surface area is 112 Å². The van der Waals surface area contributed by atoms with Crippen molar-refractivity contribution in [3.63, 3.8) is 0 Å². The molecule has 0 aromatic heterocycles. The van der Waals surface area contributed by atoms with Crippen molar-refractivity contribution in [3.05, 3.63) is 58.5 Å². The summed E-state index contributed by atoms with van der Waals surface area (Å²) in [5, 5.41) is -0.000846. The molecule has 6 heteroatoms. The first-order valence-corrected chi connectivity index (χ1v) is 5.88. The van der Waals surface area contributed by atoms with E-state index < -0.39 is 11.7 Å². The van der Waals surface area contributed by atoms with Gasteiger partial charge in [0.2, 0.25) is 0 Å². The highest BCUT2D eigenvalue weighted by Crippen LogP contribution is 2.32. The molecule has 0 bridgehead atoms. The van der Waals surface area contributed by atoms with Gasteiger partial charge in [-0.3, -0.25) is 0 Å². The zero-order valence-corrected chi connectivity index (χ0v) is 10.5. The summed E-state index contributed by atoms with van der Waals surface area (Å²) < 4.78 is 50.5. The first-order valence-electron chi connectivity index (χ1n) is 5.50. The van der Waals surface area contributed by atoms with Crippen molar-refractivity contribution in [1.29, 1.82) is 0 Å². The van der Waals surface area contributed by atoms with Crippen LogP contribution in [0.1, 0.15) is 5.56 Å². The topological polar surface area (TPSA) is 3.24 Å². The maximum atomic E-state index is 13.0. The molecular weight excluding hydrogens is 282 g/mol. The zero-order chi connectivity index (χ0) is 14.0. The van der Waals surface area contributed by atoms with E-state index in [-0.39, 0.29) is 24.1 Å². The van der Waals surface area contributed by atoms with Gasteiger partial charge in [-0.25, -0.2) is 4.39 Å². The Morgan fingerprint density at radius 2 is 2.00 bits per heavy atom. The zero-order valence-electron chi connectivity index (χ0n) is 9.72. The van der Waals surface area contributed by atoms with E-state index >= 15 is 0 Å². The van der Waals surface area contributed by atoms with Crippen LogP contribution in [0.4, 0.5) is 17.6 Å². The second kappa shape index (κ2) is 5.25. The van der Waals surface area contributed by atoms with Crippen LogP contribution in [0.5, 0.6) is 0 Å². The van der Waals surface area contributed by atoms with Gasteiger partial charge in [0.15, 0.2) is 0 Å². The third kappa shape index (κ3) is 3.50. The van der Waals surface area contributed by atoms with Crippen molar-refractivity contribution in [2.75, 3.05) is 6.54 Å². The molecule has 0 unspecified atom stereocenters. The third-order valence-electron chi connectivity index (χ3n) is 2.70. The molecule has 1 aliphatic rings. The average Bonchev–Trinajstić information content (AvgIpc) is 2.30. The molecule has 1 aliphatic heterocycles. The minimum atomic E-state index is -4.40. The second-order valence-corrected chi connectivity index (χ2v) is 4.52. The third-order valence-corrected chi connectivity index (χ3v) is 3.05. The summed E-state index contributed by atoms with van der Waals surface area (Å²) in [6, 6.07) is 5.87. The standard InChI is InChI=1S/C13H10ClF4N/c14-12-7-10(13(16,17)18)4-5-19(12)8-9-2-1-3-11(15)6-9/h1-4,6-7H,5,8H2. The van der Waals surface area contributed by atoms with Gasteiger partial charge < -0.3 is 4.90 Å². The van der Waals surface area contributed by atoms with Gasteiger partial charge in [0.25, 0.3) is 0 Å². The van der Waals surface area contributed by atoms with Gasteiger partial charge in [0.1, 0.15) is 11.0 Å². The Morgan fingerprint density at radius 1 is 1.26 bits per heavy atom. The molecule has 0 spiro atoms. The lowest BCUT2D eigenvalue weighted by molar-refractivity contribution is -0.0889. The van der Waals surface area contributed by atoms with Gasteiger partial charge in [-0.1, -0.05) is 29.8 Å². The second-order valence-electron chi connectivity index (χ2n) is 4.13. The van der Waals surface area contributed by atoms with Crippen LogP contribution in [0.2, 0.25) is 0 Å². The molecule has 0 aliphatic carbocycles. The van der Waals surface area contributed by atoms with Gasteiger partial charge in [0.05, 0.1) is 5.57 Å². The molecule has 0 saturated carbocycles. The van der Waals surface area contributed by atoms with E-state index in [2.05, 4.69) is 0 Å². The number of allylic oxidation sites excluding steroid dienone is 2. The molecule has 0 atom stereocenters.